The van der Waals surface area contributed by atoms with E-state index in [0.717, 1.165) is 36.1 Å². The van der Waals surface area contributed by atoms with Crippen molar-refractivity contribution in [2.75, 3.05) is 7.11 Å². The van der Waals surface area contributed by atoms with Crippen LogP contribution in [0.25, 0.3) is 11.1 Å². The number of isocyanates is 1. The zero-order valence-electron chi connectivity index (χ0n) is 11.9. The second kappa shape index (κ2) is 5.90. The summed E-state index contributed by atoms with van der Waals surface area (Å²) < 4.78 is 5.17. The summed E-state index contributed by atoms with van der Waals surface area (Å²) >= 11 is 0. The molecule has 2 aromatic rings. The summed E-state index contributed by atoms with van der Waals surface area (Å²) in [7, 11) is 1.59. The standard InChI is InChI=1S/C17H16N2O2/c1-21-16-10-13(8-9-18-16)15-7-6-12-4-2-3-5-14(12)17(15)19-11-20/h6-10H,2-5H2,1H3. The number of hydrogen-bond acceptors (Lipinski definition) is 4. The Balaban J connectivity index is 2.19. The number of aliphatic imine (C=N–C) groups is 1. The lowest BCUT2D eigenvalue weighted by atomic mass is 9.87. The van der Waals surface area contributed by atoms with Gasteiger partial charge in [-0.15, -0.1) is 0 Å². The fourth-order valence-corrected chi connectivity index (χ4v) is 2.90. The van der Waals surface area contributed by atoms with Crippen molar-refractivity contribution in [2.24, 2.45) is 4.99 Å². The van der Waals surface area contributed by atoms with E-state index in [-0.39, 0.29) is 0 Å². The zero-order valence-corrected chi connectivity index (χ0v) is 11.9. The Bertz CT molecular complexity index is 719. The van der Waals surface area contributed by atoms with Gasteiger partial charge in [-0.05, 0) is 48.4 Å². The molecule has 0 unspecified atom stereocenters. The molecule has 0 saturated heterocycles. The number of nitrogens with zero attached hydrogens (tertiary/aromatic N) is 2. The van der Waals surface area contributed by atoms with E-state index in [9.17, 15) is 4.79 Å². The monoisotopic (exact) mass is 280 g/mol. The topological polar surface area (TPSA) is 51.5 Å². The molecule has 106 valence electrons. The second-order valence-electron chi connectivity index (χ2n) is 5.10. The molecule has 0 N–H and O–H groups in total. The molecule has 1 aliphatic carbocycles. The summed E-state index contributed by atoms with van der Waals surface area (Å²) in [5, 5.41) is 0. The highest BCUT2D eigenvalue weighted by molar-refractivity contribution is 5.81. The lowest BCUT2D eigenvalue weighted by Gasteiger charge is -2.19. The molecule has 0 amide bonds. The average molecular weight is 280 g/mol. The smallest absolute Gasteiger partial charge is 0.240 e. The van der Waals surface area contributed by atoms with Crippen LogP contribution in [0.5, 0.6) is 5.88 Å². The Morgan fingerprint density at radius 1 is 1.24 bits per heavy atom. The fraction of sp³-hybridized carbons (Fsp3) is 0.294. The van der Waals surface area contributed by atoms with Crippen molar-refractivity contribution in [1.29, 1.82) is 0 Å². The molecular formula is C17H16N2O2. The van der Waals surface area contributed by atoms with E-state index in [4.69, 9.17) is 4.74 Å². The van der Waals surface area contributed by atoms with Gasteiger partial charge in [0.1, 0.15) is 0 Å². The van der Waals surface area contributed by atoms with E-state index in [1.165, 1.54) is 17.5 Å². The molecule has 0 bridgehead atoms. The number of ether oxygens (including phenoxy) is 1. The van der Waals surface area contributed by atoms with Crippen LogP contribution >= 0.6 is 0 Å². The Morgan fingerprint density at radius 3 is 2.90 bits per heavy atom. The average Bonchev–Trinajstić information content (AvgIpc) is 2.55. The summed E-state index contributed by atoms with van der Waals surface area (Å²) in [6, 6.07) is 7.92. The Morgan fingerprint density at radius 2 is 2.10 bits per heavy atom. The Labute approximate surface area is 123 Å². The molecule has 21 heavy (non-hydrogen) atoms. The number of rotatable bonds is 3. The molecule has 4 heteroatoms. The maximum atomic E-state index is 10.8. The number of fused-ring (bicyclic) bond motifs is 1. The van der Waals surface area contributed by atoms with E-state index in [2.05, 4.69) is 16.0 Å². The zero-order chi connectivity index (χ0) is 14.7. The van der Waals surface area contributed by atoms with Crippen LogP contribution in [0.4, 0.5) is 5.69 Å². The predicted molar refractivity (Wildman–Crippen MR) is 80.6 cm³/mol. The maximum Gasteiger partial charge on any atom is 0.240 e. The van der Waals surface area contributed by atoms with Gasteiger partial charge in [0.2, 0.25) is 12.0 Å². The summed E-state index contributed by atoms with van der Waals surface area (Å²) in [4.78, 5) is 18.9. The van der Waals surface area contributed by atoms with E-state index in [0.29, 0.717) is 5.88 Å². The minimum Gasteiger partial charge on any atom is -0.481 e. The second-order valence-corrected chi connectivity index (χ2v) is 5.10. The van der Waals surface area contributed by atoms with Crippen LogP contribution in [0.15, 0.2) is 35.5 Å². The normalized spacial score (nSPS) is 13.2. The van der Waals surface area contributed by atoms with Gasteiger partial charge in [0.05, 0.1) is 12.8 Å². The van der Waals surface area contributed by atoms with Crippen LogP contribution in [0.2, 0.25) is 0 Å². The molecule has 0 radical (unpaired) electrons. The van der Waals surface area contributed by atoms with Crippen LogP contribution in [0.3, 0.4) is 0 Å². The first-order valence-electron chi connectivity index (χ1n) is 7.06. The predicted octanol–water partition coefficient (Wildman–Crippen LogP) is 3.60. The number of aromatic nitrogens is 1. The molecule has 1 aliphatic rings. The van der Waals surface area contributed by atoms with Crippen molar-refractivity contribution < 1.29 is 9.53 Å². The van der Waals surface area contributed by atoms with Gasteiger partial charge in [0.25, 0.3) is 0 Å². The Hall–Kier alpha value is -2.45. The third kappa shape index (κ3) is 2.58. The third-order valence-electron chi connectivity index (χ3n) is 3.92. The van der Waals surface area contributed by atoms with Crippen LogP contribution in [0, 0.1) is 0 Å². The molecule has 4 nitrogen and oxygen atoms in total. The number of methoxy groups -OCH3 is 1. The molecule has 0 aliphatic heterocycles. The van der Waals surface area contributed by atoms with Gasteiger partial charge >= 0.3 is 0 Å². The van der Waals surface area contributed by atoms with E-state index in [1.807, 2.05) is 18.2 Å². The van der Waals surface area contributed by atoms with Gasteiger partial charge in [-0.1, -0.05) is 12.1 Å². The maximum absolute atomic E-state index is 10.8. The number of hydrogen-bond donors (Lipinski definition) is 0. The first kappa shape index (κ1) is 13.5. The van der Waals surface area contributed by atoms with Crippen molar-refractivity contribution in [3.05, 3.63) is 41.6 Å². The summed E-state index contributed by atoms with van der Waals surface area (Å²) in [6.45, 7) is 0. The van der Waals surface area contributed by atoms with Crippen LogP contribution in [0.1, 0.15) is 24.0 Å². The molecule has 0 fully saturated rings. The first-order valence-corrected chi connectivity index (χ1v) is 7.06. The van der Waals surface area contributed by atoms with E-state index < -0.39 is 0 Å². The summed E-state index contributed by atoms with van der Waals surface area (Å²) in [6.07, 6.45) is 7.74. The minimum absolute atomic E-state index is 0.547. The molecule has 1 aromatic heterocycles. The fourth-order valence-electron chi connectivity index (χ4n) is 2.90. The van der Waals surface area contributed by atoms with Gasteiger partial charge < -0.3 is 4.74 Å². The van der Waals surface area contributed by atoms with Gasteiger partial charge in [-0.25, -0.2) is 9.78 Å². The van der Waals surface area contributed by atoms with E-state index in [1.54, 1.807) is 19.4 Å². The Kier molecular flexibility index (Phi) is 3.80. The van der Waals surface area contributed by atoms with Crippen molar-refractivity contribution in [2.45, 2.75) is 25.7 Å². The molecule has 1 heterocycles. The molecule has 0 spiro atoms. The number of benzene rings is 1. The van der Waals surface area contributed by atoms with Crippen molar-refractivity contribution in [3.63, 3.8) is 0 Å². The largest absolute Gasteiger partial charge is 0.481 e. The van der Waals surface area contributed by atoms with Gasteiger partial charge in [-0.3, -0.25) is 0 Å². The lowest BCUT2D eigenvalue weighted by molar-refractivity contribution is 0.398. The molecular weight excluding hydrogens is 264 g/mol. The van der Waals surface area contributed by atoms with Crippen molar-refractivity contribution in [1.82, 2.24) is 4.98 Å². The number of carbonyl (C=O) groups excluding carboxylic acids is 1. The first-order chi connectivity index (χ1) is 10.3. The van der Waals surface area contributed by atoms with Crippen LogP contribution in [-0.4, -0.2) is 18.2 Å². The molecule has 0 atom stereocenters. The number of pyridine rings is 1. The SMILES string of the molecule is COc1cc(-c2ccc3c(c2N=C=O)CCCC3)ccn1. The molecule has 0 saturated carbocycles. The number of aryl methyl sites for hydroxylation is 1. The van der Waals surface area contributed by atoms with Crippen LogP contribution < -0.4 is 4.74 Å². The van der Waals surface area contributed by atoms with Gasteiger partial charge in [-0.2, -0.15) is 4.99 Å². The summed E-state index contributed by atoms with van der Waals surface area (Å²) in [5.74, 6) is 0.547. The molecule has 3 rings (SSSR count). The highest BCUT2D eigenvalue weighted by atomic mass is 16.5. The van der Waals surface area contributed by atoms with Gasteiger partial charge in [0, 0.05) is 17.8 Å². The minimum atomic E-state index is 0.547. The highest BCUT2D eigenvalue weighted by Crippen LogP contribution is 2.38. The lowest BCUT2D eigenvalue weighted by Crippen LogP contribution is -2.03. The summed E-state index contributed by atoms with van der Waals surface area (Å²) in [5.41, 5.74) is 5.09. The van der Waals surface area contributed by atoms with Crippen LogP contribution in [-0.2, 0) is 17.6 Å². The highest BCUT2D eigenvalue weighted by Gasteiger charge is 2.17. The molecule has 1 aromatic carbocycles. The quantitative estimate of drug-likeness (QED) is 0.637. The van der Waals surface area contributed by atoms with E-state index >= 15 is 0 Å². The van der Waals surface area contributed by atoms with Gasteiger partial charge in [0.15, 0.2) is 0 Å². The third-order valence-corrected chi connectivity index (χ3v) is 3.92. The van der Waals surface area contributed by atoms with Crippen molar-refractivity contribution >= 4 is 11.8 Å². The van der Waals surface area contributed by atoms with Crippen molar-refractivity contribution in [3.8, 4) is 17.0 Å².